The summed E-state index contributed by atoms with van der Waals surface area (Å²) >= 11 is 0. The maximum atomic E-state index is 12.6. The summed E-state index contributed by atoms with van der Waals surface area (Å²) < 4.78 is 37.8. The van der Waals surface area contributed by atoms with Gasteiger partial charge in [0.2, 0.25) is 0 Å². The van der Waals surface area contributed by atoms with E-state index in [2.05, 4.69) is 5.32 Å². The number of nitrogens with one attached hydrogen (secondary N) is 1. The van der Waals surface area contributed by atoms with Crippen molar-refractivity contribution in [2.24, 2.45) is 5.92 Å². The van der Waals surface area contributed by atoms with Crippen molar-refractivity contribution in [1.29, 1.82) is 0 Å². The number of rotatable bonds is 1. The SMILES string of the molecule is CNC1(C(F)(F)F)CCCC1C. The minimum Gasteiger partial charge on any atom is -0.306 e. The lowest BCUT2D eigenvalue weighted by Gasteiger charge is -2.35. The molecule has 0 saturated heterocycles. The quantitative estimate of drug-likeness (QED) is 0.654. The minimum absolute atomic E-state index is 0.216. The Bertz CT molecular complexity index is 166. The Morgan fingerprint density at radius 3 is 2.17 bits per heavy atom. The van der Waals surface area contributed by atoms with Crippen molar-refractivity contribution in [2.45, 2.75) is 37.9 Å². The molecule has 0 heterocycles. The standard InChI is InChI=1S/C8H14F3N/c1-6-4-3-5-7(6,12-2)8(9,10)11/h6,12H,3-5H2,1-2H3. The highest BCUT2D eigenvalue weighted by Crippen LogP contribution is 2.46. The molecule has 0 amide bonds. The normalized spacial score (nSPS) is 37.2. The van der Waals surface area contributed by atoms with Crippen molar-refractivity contribution in [3.63, 3.8) is 0 Å². The van der Waals surface area contributed by atoms with E-state index in [0.717, 1.165) is 0 Å². The second kappa shape index (κ2) is 2.91. The van der Waals surface area contributed by atoms with Crippen LogP contribution in [0, 0.1) is 5.92 Å². The Kier molecular flexibility index (Phi) is 2.38. The van der Waals surface area contributed by atoms with E-state index in [1.165, 1.54) is 7.05 Å². The van der Waals surface area contributed by atoms with Crippen LogP contribution in [-0.2, 0) is 0 Å². The lowest BCUT2D eigenvalue weighted by molar-refractivity contribution is -0.204. The fourth-order valence-electron chi connectivity index (χ4n) is 2.11. The van der Waals surface area contributed by atoms with Gasteiger partial charge in [0.1, 0.15) is 5.54 Å². The van der Waals surface area contributed by atoms with Crippen LogP contribution in [0.1, 0.15) is 26.2 Å². The summed E-state index contributed by atoms with van der Waals surface area (Å²) in [6.07, 6.45) is -2.56. The molecule has 1 aliphatic rings. The monoisotopic (exact) mass is 181 g/mol. The molecule has 1 nitrogen and oxygen atoms in total. The number of hydrogen-bond donors (Lipinski definition) is 1. The molecule has 12 heavy (non-hydrogen) atoms. The van der Waals surface area contributed by atoms with Gasteiger partial charge in [-0.1, -0.05) is 13.3 Å². The van der Waals surface area contributed by atoms with E-state index < -0.39 is 11.7 Å². The summed E-state index contributed by atoms with van der Waals surface area (Å²) in [5.41, 5.74) is -1.62. The van der Waals surface area contributed by atoms with Crippen LogP contribution < -0.4 is 5.32 Å². The van der Waals surface area contributed by atoms with Crippen LogP contribution >= 0.6 is 0 Å². The molecule has 0 aromatic carbocycles. The van der Waals surface area contributed by atoms with E-state index >= 15 is 0 Å². The van der Waals surface area contributed by atoms with Crippen LogP contribution in [0.3, 0.4) is 0 Å². The van der Waals surface area contributed by atoms with Gasteiger partial charge < -0.3 is 5.32 Å². The molecular formula is C8H14F3N. The third-order valence-corrected chi connectivity index (χ3v) is 3.00. The third kappa shape index (κ3) is 1.22. The Hall–Kier alpha value is -0.250. The summed E-state index contributed by atoms with van der Waals surface area (Å²) in [6, 6.07) is 0. The maximum absolute atomic E-state index is 12.6. The lowest BCUT2D eigenvalue weighted by atomic mass is 9.88. The maximum Gasteiger partial charge on any atom is 0.406 e. The molecule has 72 valence electrons. The third-order valence-electron chi connectivity index (χ3n) is 3.00. The van der Waals surface area contributed by atoms with E-state index in [-0.39, 0.29) is 12.3 Å². The summed E-state index contributed by atoms with van der Waals surface area (Å²) in [6.45, 7) is 1.66. The molecule has 2 unspecified atom stereocenters. The predicted octanol–water partition coefficient (Wildman–Crippen LogP) is 2.33. The van der Waals surface area contributed by atoms with Gasteiger partial charge in [0.15, 0.2) is 0 Å². The fraction of sp³-hybridized carbons (Fsp3) is 1.00. The van der Waals surface area contributed by atoms with Gasteiger partial charge in [-0.05, 0) is 25.8 Å². The van der Waals surface area contributed by atoms with Crippen LogP contribution in [0.25, 0.3) is 0 Å². The molecule has 1 rings (SSSR count). The second-order valence-electron chi connectivity index (χ2n) is 3.51. The fourth-order valence-corrected chi connectivity index (χ4v) is 2.11. The van der Waals surface area contributed by atoms with Crippen molar-refractivity contribution < 1.29 is 13.2 Å². The Balaban J connectivity index is 2.89. The Labute approximate surface area is 70.3 Å². The highest BCUT2D eigenvalue weighted by Gasteiger charge is 2.58. The zero-order valence-electron chi connectivity index (χ0n) is 7.33. The average molecular weight is 181 g/mol. The molecule has 0 aromatic heterocycles. The predicted molar refractivity (Wildman–Crippen MR) is 40.9 cm³/mol. The van der Waals surface area contributed by atoms with Gasteiger partial charge >= 0.3 is 6.18 Å². The minimum atomic E-state index is -4.11. The summed E-state index contributed by atoms with van der Waals surface area (Å²) in [5.74, 6) is -0.303. The van der Waals surface area contributed by atoms with E-state index in [9.17, 15) is 13.2 Å². The molecular weight excluding hydrogens is 167 g/mol. The van der Waals surface area contributed by atoms with Gasteiger partial charge in [0.25, 0.3) is 0 Å². The van der Waals surface area contributed by atoms with Crippen molar-refractivity contribution >= 4 is 0 Å². The van der Waals surface area contributed by atoms with Crippen LogP contribution in [0.2, 0.25) is 0 Å². The topological polar surface area (TPSA) is 12.0 Å². The molecule has 0 bridgehead atoms. The van der Waals surface area contributed by atoms with Crippen molar-refractivity contribution in [2.75, 3.05) is 7.05 Å². The molecule has 4 heteroatoms. The van der Waals surface area contributed by atoms with Gasteiger partial charge in [0.05, 0.1) is 0 Å². The first kappa shape index (κ1) is 9.84. The average Bonchev–Trinajstić information content (AvgIpc) is 2.30. The Morgan fingerprint density at radius 2 is 2.00 bits per heavy atom. The second-order valence-corrected chi connectivity index (χ2v) is 3.51. The molecule has 0 aliphatic heterocycles. The first-order valence-corrected chi connectivity index (χ1v) is 4.19. The van der Waals surface area contributed by atoms with E-state index in [1.54, 1.807) is 6.92 Å². The van der Waals surface area contributed by atoms with Crippen molar-refractivity contribution in [1.82, 2.24) is 5.32 Å². The zero-order chi connectivity index (χ0) is 9.41. The van der Waals surface area contributed by atoms with E-state index in [1.807, 2.05) is 0 Å². The van der Waals surface area contributed by atoms with E-state index in [0.29, 0.717) is 12.8 Å². The molecule has 1 aliphatic carbocycles. The molecule has 1 saturated carbocycles. The van der Waals surface area contributed by atoms with E-state index in [4.69, 9.17) is 0 Å². The molecule has 1 fully saturated rings. The van der Waals surface area contributed by atoms with Crippen molar-refractivity contribution in [3.8, 4) is 0 Å². The van der Waals surface area contributed by atoms with Crippen LogP contribution in [0.15, 0.2) is 0 Å². The van der Waals surface area contributed by atoms with Gasteiger partial charge in [0, 0.05) is 0 Å². The summed E-state index contributed by atoms with van der Waals surface area (Å²) in [5, 5.41) is 2.44. The highest BCUT2D eigenvalue weighted by molar-refractivity contribution is 5.02. The Morgan fingerprint density at radius 1 is 1.42 bits per heavy atom. The zero-order valence-corrected chi connectivity index (χ0v) is 7.33. The molecule has 0 spiro atoms. The smallest absolute Gasteiger partial charge is 0.306 e. The summed E-state index contributed by atoms with van der Waals surface area (Å²) in [4.78, 5) is 0. The number of alkyl halides is 3. The molecule has 2 atom stereocenters. The molecule has 0 aromatic rings. The largest absolute Gasteiger partial charge is 0.406 e. The van der Waals surface area contributed by atoms with Crippen LogP contribution in [-0.4, -0.2) is 18.8 Å². The molecule has 1 N–H and O–H groups in total. The number of halogens is 3. The highest BCUT2D eigenvalue weighted by atomic mass is 19.4. The van der Waals surface area contributed by atoms with Gasteiger partial charge in [-0.3, -0.25) is 0 Å². The first-order valence-electron chi connectivity index (χ1n) is 4.19. The van der Waals surface area contributed by atoms with Crippen molar-refractivity contribution in [3.05, 3.63) is 0 Å². The molecule has 0 radical (unpaired) electrons. The van der Waals surface area contributed by atoms with Gasteiger partial charge in [-0.15, -0.1) is 0 Å². The van der Waals surface area contributed by atoms with Crippen LogP contribution in [0.5, 0.6) is 0 Å². The van der Waals surface area contributed by atoms with Gasteiger partial charge in [-0.25, -0.2) is 0 Å². The number of hydrogen-bond acceptors (Lipinski definition) is 1. The summed E-state index contributed by atoms with van der Waals surface area (Å²) in [7, 11) is 1.40. The lowest BCUT2D eigenvalue weighted by Crippen LogP contribution is -2.57. The van der Waals surface area contributed by atoms with Crippen LogP contribution in [0.4, 0.5) is 13.2 Å². The van der Waals surface area contributed by atoms with Gasteiger partial charge in [-0.2, -0.15) is 13.2 Å². The first-order chi connectivity index (χ1) is 5.44.